The SMILES string of the molecule is C[C@@H]1NC(=O)[C@@H](C)NC(=O)C(NC(=O)OC(C)(C)C)Cc2ccc(cc2)-c2cc([nH]n2)COCC(C(=O)OCc2ccccc2)NC1=O. The van der Waals surface area contributed by atoms with Gasteiger partial charge in [0.25, 0.3) is 0 Å². The van der Waals surface area contributed by atoms with Crippen LogP contribution in [0.5, 0.6) is 0 Å². The van der Waals surface area contributed by atoms with Crippen LogP contribution in [-0.4, -0.2) is 76.4 Å². The number of alkyl carbamates (subject to hydrolysis) is 1. The summed E-state index contributed by atoms with van der Waals surface area (Å²) < 4.78 is 16.6. The van der Waals surface area contributed by atoms with Gasteiger partial charge >= 0.3 is 12.1 Å². The average Bonchev–Trinajstić information content (AvgIpc) is 3.51. The van der Waals surface area contributed by atoms with E-state index in [0.29, 0.717) is 11.4 Å². The molecular weight excluding hydrogens is 620 g/mol. The Kier molecular flexibility index (Phi) is 11.9. The van der Waals surface area contributed by atoms with Crippen LogP contribution < -0.4 is 21.3 Å². The molecule has 0 spiro atoms. The maximum absolute atomic E-state index is 13.4. The van der Waals surface area contributed by atoms with E-state index in [1.54, 1.807) is 51.1 Å². The van der Waals surface area contributed by atoms with E-state index in [9.17, 15) is 24.0 Å². The van der Waals surface area contributed by atoms with Crippen molar-refractivity contribution in [1.82, 2.24) is 31.5 Å². The summed E-state index contributed by atoms with van der Waals surface area (Å²) in [5, 5.41) is 17.6. The molecule has 5 rings (SSSR count). The molecule has 2 aromatic carbocycles. The van der Waals surface area contributed by atoms with Crippen LogP contribution in [0.2, 0.25) is 0 Å². The first-order valence-electron chi connectivity index (χ1n) is 15.6. The molecule has 0 saturated heterocycles. The molecule has 0 saturated carbocycles. The molecule has 2 aliphatic heterocycles. The number of aromatic nitrogens is 2. The summed E-state index contributed by atoms with van der Waals surface area (Å²) in [5.41, 5.74) is 2.72. The topological polar surface area (TPSA) is 190 Å². The number of rotatable bonds is 4. The maximum atomic E-state index is 13.4. The number of fused-ring (bicyclic) bond motifs is 15. The van der Waals surface area contributed by atoms with Crippen LogP contribution in [0.3, 0.4) is 0 Å². The van der Waals surface area contributed by atoms with Crippen molar-refractivity contribution < 1.29 is 38.2 Å². The third kappa shape index (κ3) is 10.7. The lowest BCUT2D eigenvalue weighted by Crippen LogP contribution is -2.57. The summed E-state index contributed by atoms with van der Waals surface area (Å²) in [5.74, 6) is -2.69. The molecule has 2 aliphatic rings. The summed E-state index contributed by atoms with van der Waals surface area (Å²) in [6.45, 7) is 7.81. The number of nitrogens with one attached hydrogen (secondary N) is 5. The van der Waals surface area contributed by atoms with E-state index in [1.807, 2.05) is 30.3 Å². The van der Waals surface area contributed by atoms with Crippen LogP contribution in [-0.2, 0) is 53.0 Å². The average molecular weight is 663 g/mol. The summed E-state index contributed by atoms with van der Waals surface area (Å²) in [6.07, 6.45) is -0.699. The number of nitrogens with zero attached hydrogens (tertiary/aromatic N) is 1. The van der Waals surface area contributed by atoms with Crippen LogP contribution in [0.15, 0.2) is 60.7 Å². The Morgan fingerprint density at radius 1 is 0.917 bits per heavy atom. The Balaban J connectivity index is 1.56. The number of hydrogen-bond acceptors (Lipinski definition) is 9. The van der Waals surface area contributed by atoms with Crippen molar-refractivity contribution in [3.05, 3.63) is 77.5 Å². The van der Waals surface area contributed by atoms with E-state index < -0.39 is 59.6 Å². The molecule has 5 N–H and O–H groups in total. The van der Waals surface area contributed by atoms with Crippen LogP contribution >= 0.6 is 0 Å². The Hall–Kier alpha value is -5.24. The highest BCUT2D eigenvalue weighted by Gasteiger charge is 2.30. The summed E-state index contributed by atoms with van der Waals surface area (Å²) >= 11 is 0. The second kappa shape index (κ2) is 16.0. The van der Waals surface area contributed by atoms with Crippen LogP contribution in [0.1, 0.15) is 51.4 Å². The lowest BCUT2D eigenvalue weighted by molar-refractivity contribution is -0.151. The Morgan fingerprint density at radius 2 is 1.56 bits per heavy atom. The van der Waals surface area contributed by atoms with E-state index in [4.69, 9.17) is 14.2 Å². The van der Waals surface area contributed by atoms with Crippen molar-refractivity contribution in [2.24, 2.45) is 0 Å². The standard InChI is InChI=1S/C34H42N6O8/c1-20-29(41)35-21(2)30(42)37-28(32(44)47-17-23-9-7-6-8-10-23)19-46-18-25-16-26(40-39-25)24-13-11-22(12-14-24)15-27(31(43)36-20)38-33(45)48-34(3,4)5/h6-14,16,20-21,27-28H,15,17-19H2,1-5H3,(H,35,41)(H,36,43)(H,37,42)(H,38,45)(H,39,40)/t20-,21+,27?,28?/m1/s1. The van der Waals surface area contributed by atoms with E-state index in [1.165, 1.54) is 13.8 Å². The largest absolute Gasteiger partial charge is 0.459 e. The van der Waals surface area contributed by atoms with E-state index >= 15 is 0 Å². The molecular formula is C34H42N6O8. The number of amides is 4. The zero-order chi connectivity index (χ0) is 34.8. The van der Waals surface area contributed by atoms with Gasteiger partial charge in [0, 0.05) is 12.0 Å². The van der Waals surface area contributed by atoms with Gasteiger partial charge in [-0.3, -0.25) is 19.5 Å². The van der Waals surface area contributed by atoms with Crippen LogP contribution in [0, 0.1) is 0 Å². The lowest BCUT2D eigenvalue weighted by Gasteiger charge is -2.25. The molecule has 4 amide bonds. The highest BCUT2D eigenvalue weighted by atomic mass is 16.6. The molecule has 14 nitrogen and oxygen atoms in total. The van der Waals surface area contributed by atoms with Gasteiger partial charge in [-0.1, -0.05) is 54.6 Å². The minimum atomic E-state index is -1.19. The second-order valence-electron chi connectivity index (χ2n) is 12.5. The number of esters is 1. The Bertz CT molecular complexity index is 1580. The van der Waals surface area contributed by atoms with Gasteiger partial charge in [0.05, 0.1) is 24.6 Å². The van der Waals surface area contributed by atoms with E-state index in [2.05, 4.69) is 31.5 Å². The number of aromatic amines is 1. The molecule has 48 heavy (non-hydrogen) atoms. The predicted molar refractivity (Wildman–Crippen MR) is 174 cm³/mol. The van der Waals surface area contributed by atoms with Gasteiger partial charge in [0.15, 0.2) is 6.04 Å². The fourth-order valence-electron chi connectivity index (χ4n) is 4.65. The molecule has 1 aromatic heterocycles. The van der Waals surface area contributed by atoms with E-state index in [-0.39, 0.29) is 26.2 Å². The molecule has 3 heterocycles. The van der Waals surface area contributed by atoms with Gasteiger partial charge in [-0.05, 0) is 51.8 Å². The number of ether oxygens (including phenoxy) is 3. The molecule has 0 radical (unpaired) electrons. The van der Waals surface area contributed by atoms with Crippen molar-refractivity contribution in [3.63, 3.8) is 0 Å². The summed E-state index contributed by atoms with van der Waals surface area (Å²) in [6, 6.07) is 13.7. The number of carbonyl (C=O) groups excluding carboxylic acids is 5. The third-order valence-corrected chi connectivity index (χ3v) is 7.20. The third-order valence-electron chi connectivity index (χ3n) is 7.20. The van der Waals surface area contributed by atoms with Gasteiger partial charge in [-0.15, -0.1) is 0 Å². The zero-order valence-corrected chi connectivity index (χ0v) is 27.6. The quantitative estimate of drug-likeness (QED) is 0.206. The fourth-order valence-corrected chi connectivity index (χ4v) is 4.65. The maximum Gasteiger partial charge on any atom is 0.408 e. The first kappa shape index (κ1) is 35.6. The molecule has 4 atom stereocenters. The molecule has 2 unspecified atom stereocenters. The lowest BCUT2D eigenvalue weighted by atomic mass is 10.0. The highest BCUT2D eigenvalue weighted by Crippen LogP contribution is 2.20. The fraction of sp³-hybridized carbons (Fsp3) is 0.412. The van der Waals surface area contributed by atoms with Crippen molar-refractivity contribution in [3.8, 4) is 11.3 Å². The monoisotopic (exact) mass is 662 g/mol. The summed E-state index contributed by atoms with van der Waals surface area (Å²) in [7, 11) is 0. The molecule has 14 heteroatoms. The molecule has 256 valence electrons. The van der Waals surface area contributed by atoms with Crippen molar-refractivity contribution in [2.45, 2.75) is 84.0 Å². The first-order valence-corrected chi connectivity index (χ1v) is 15.6. The second-order valence-corrected chi connectivity index (χ2v) is 12.5. The van der Waals surface area contributed by atoms with Crippen LogP contribution in [0.4, 0.5) is 4.79 Å². The van der Waals surface area contributed by atoms with Gasteiger partial charge in [0.1, 0.15) is 30.3 Å². The Labute approximate surface area is 278 Å². The molecule has 0 fully saturated rings. The normalized spacial score (nSPS) is 21.1. The van der Waals surface area contributed by atoms with Crippen LogP contribution in [0.25, 0.3) is 11.3 Å². The number of carbonyl (C=O) groups is 5. The molecule has 4 bridgehead atoms. The van der Waals surface area contributed by atoms with Gasteiger partial charge in [-0.25, -0.2) is 9.59 Å². The van der Waals surface area contributed by atoms with E-state index in [0.717, 1.165) is 16.7 Å². The molecule has 3 aromatic rings. The number of H-pyrrole nitrogens is 1. The van der Waals surface area contributed by atoms with Crippen molar-refractivity contribution in [1.29, 1.82) is 0 Å². The number of benzene rings is 2. The van der Waals surface area contributed by atoms with Gasteiger partial charge < -0.3 is 35.5 Å². The molecule has 0 aliphatic carbocycles. The van der Waals surface area contributed by atoms with Gasteiger partial charge in [-0.2, -0.15) is 5.10 Å². The highest BCUT2D eigenvalue weighted by molar-refractivity contribution is 5.94. The first-order chi connectivity index (χ1) is 22.8. The predicted octanol–water partition coefficient (Wildman–Crippen LogP) is 2.28. The van der Waals surface area contributed by atoms with Crippen molar-refractivity contribution in [2.75, 3.05) is 6.61 Å². The van der Waals surface area contributed by atoms with Crippen molar-refractivity contribution >= 4 is 29.8 Å². The smallest absolute Gasteiger partial charge is 0.408 e. The number of hydrogen-bond donors (Lipinski definition) is 5. The summed E-state index contributed by atoms with van der Waals surface area (Å²) in [4.78, 5) is 65.3. The zero-order valence-electron chi connectivity index (χ0n) is 27.6. The minimum Gasteiger partial charge on any atom is -0.459 e. The minimum absolute atomic E-state index is 0.0119. The Morgan fingerprint density at radius 3 is 2.23 bits per heavy atom. The van der Waals surface area contributed by atoms with Gasteiger partial charge in [0.2, 0.25) is 17.7 Å².